The zero-order valence-corrected chi connectivity index (χ0v) is 13.7. The average molecular weight is 327 g/mol. The Labute approximate surface area is 140 Å². The minimum atomic E-state index is 0.0305. The topological polar surface area (TPSA) is 76.3 Å². The van der Waals surface area contributed by atoms with Crippen molar-refractivity contribution in [3.63, 3.8) is 0 Å². The van der Waals surface area contributed by atoms with Gasteiger partial charge < -0.3 is 14.7 Å². The lowest BCUT2D eigenvalue weighted by Gasteiger charge is -2.18. The first-order valence-corrected chi connectivity index (χ1v) is 7.96. The minimum absolute atomic E-state index is 0.0305. The second-order valence-electron chi connectivity index (χ2n) is 5.46. The molecule has 0 saturated carbocycles. The SMILES string of the molecule is CN(CCCOc1ccccc1)c1ncnc2c1cnn2CCO. The van der Waals surface area contributed by atoms with E-state index in [1.165, 1.54) is 6.33 Å². The van der Waals surface area contributed by atoms with E-state index in [0.29, 0.717) is 13.2 Å². The van der Waals surface area contributed by atoms with Crippen molar-refractivity contribution in [2.24, 2.45) is 0 Å². The lowest BCUT2D eigenvalue weighted by molar-refractivity contribution is 0.271. The summed E-state index contributed by atoms with van der Waals surface area (Å²) in [6, 6.07) is 9.80. The number of aliphatic hydroxyl groups excluding tert-OH is 1. The number of fused-ring (bicyclic) bond motifs is 1. The van der Waals surface area contributed by atoms with Crippen molar-refractivity contribution in [3.8, 4) is 5.75 Å². The highest BCUT2D eigenvalue weighted by Gasteiger charge is 2.12. The lowest BCUT2D eigenvalue weighted by Crippen LogP contribution is -2.21. The van der Waals surface area contributed by atoms with Gasteiger partial charge >= 0.3 is 0 Å². The molecule has 0 radical (unpaired) electrons. The third-order valence-electron chi connectivity index (χ3n) is 3.74. The second kappa shape index (κ2) is 7.74. The van der Waals surface area contributed by atoms with Gasteiger partial charge in [-0.25, -0.2) is 14.6 Å². The predicted molar refractivity (Wildman–Crippen MR) is 92.2 cm³/mol. The molecular weight excluding hydrogens is 306 g/mol. The van der Waals surface area contributed by atoms with Crippen LogP contribution in [0.2, 0.25) is 0 Å². The van der Waals surface area contributed by atoms with Gasteiger partial charge in [-0.1, -0.05) is 18.2 Å². The normalized spacial score (nSPS) is 10.9. The van der Waals surface area contributed by atoms with Gasteiger partial charge in [0.25, 0.3) is 0 Å². The monoisotopic (exact) mass is 327 g/mol. The van der Waals surface area contributed by atoms with Gasteiger partial charge in [0.2, 0.25) is 0 Å². The van der Waals surface area contributed by atoms with Crippen LogP contribution in [0.5, 0.6) is 5.75 Å². The fourth-order valence-electron chi connectivity index (χ4n) is 2.56. The van der Waals surface area contributed by atoms with E-state index in [9.17, 15) is 0 Å². The summed E-state index contributed by atoms with van der Waals surface area (Å²) >= 11 is 0. The molecule has 0 aliphatic rings. The van der Waals surface area contributed by atoms with Gasteiger partial charge in [-0.05, 0) is 18.6 Å². The maximum atomic E-state index is 9.08. The Bertz CT molecular complexity index is 775. The second-order valence-corrected chi connectivity index (χ2v) is 5.46. The third-order valence-corrected chi connectivity index (χ3v) is 3.74. The molecule has 0 fully saturated rings. The average Bonchev–Trinajstić information content (AvgIpc) is 3.03. The van der Waals surface area contributed by atoms with Crippen molar-refractivity contribution >= 4 is 16.9 Å². The van der Waals surface area contributed by atoms with Gasteiger partial charge in [0.1, 0.15) is 17.9 Å². The molecule has 0 atom stereocenters. The summed E-state index contributed by atoms with van der Waals surface area (Å²) in [5.41, 5.74) is 0.737. The van der Waals surface area contributed by atoms with Crippen LogP contribution in [-0.2, 0) is 6.54 Å². The number of hydrogen-bond donors (Lipinski definition) is 1. The molecule has 126 valence electrons. The Hall–Kier alpha value is -2.67. The van der Waals surface area contributed by atoms with Crippen LogP contribution in [-0.4, -0.2) is 51.7 Å². The highest BCUT2D eigenvalue weighted by molar-refractivity contribution is 5.86. The van der Waals surface area contributed by atoms with Crippen molar-refractivity contribution in [2.45, 2.75) is 13.0 Å². The summed E-state index contributed by atoms with van der Waals surface area (Å²) in [6.45, 7) is 1.91. The molecule has 24 heavy (non-hydrogen) atoms. The molecule has 0 aliphatic carbocycles. The van der Waals surface area contributed by atoms with E-state index in [4.69, 9.17) is 9.84 Å². The van der Waals surface area contributed by atoms with E-state index < -0.39 is 0 Å². The molecule has 0 amide bonds. The number of ether oxygens (including phenoxy) is 1. The Balaban J connectivity index is 1.60. The van der Waals surface area contributed by atoms with Crippen molar-refractivity contribution < 1.29 is 9.84 Å². The maximum Gasteiger partial charge on any atom is 0.163 e. The van der Waals surface area contributed by atoms with E-state index in [0.717, 1.165) is 35.6 Å². The molecule has 0 aliphatic heterocycles. The summed E-state index contributed by atoms with van der Waals surface area (Å²) in [6.07, 6.45) is 4.16. The molecule has 2 aromatic heterocycles. The smallest absolute Gasteiger partial charge is 0.163 e. The fraction of sp³-hybridized carbons (Fsp3) is 0.353. The summed E-state index contributed by atoms with van der Waals surface area (Å²) in [5, 5.41) is 14.2. The zero-order chi connectivity index (χ0) is 16.8. The standard InChI is InChI=1S/C17H21N5O2/c1-21(8-5-11-24-14-6-3-2-4-7-14)16-15-12-20-22(9-10-23)17(15)19-13-18-16/h2-4,6-7,12-13,23H,5,8-11H2,1H3. The Morgan fingerprint density at radius 1 is 1.21 bits per heavy atom. The van der Waals surface area contributed by atoms with Crippen LogP contribution in [0.1, 0.15) is 6.42 Å². The van der Waals surface area contributed by atoms with E-state index in [2.05, 4.69) is 20.0 Å². The Morgan fingerprint density at radius 2 is 2.04 bits per heavy atom. The number of nitrogens with zero attached hydrogens (tertiary/aromatic N) is 5. The predicted octanol–water partition coefficient (Wildman–Crippen LogP) is 1.72. The molecule has 7 heteroatoms. The van der Waals surface area contributed by atoms with Crippen LogP contribution in [0.25, 0.3) is 11.0 Å². The van der Waals surface area contributed by atoms with Crippen LogP contribution in [0.15, 0.2) is 42.9 Å². The molecule has 7 nitrogen and oxygen atoms in total. The summed E-state index contributed by atoms with van der Waals surface area (Å²) in [5.74, 6) is 1.72. The lowest BCUT2D eigenvalue weighted by atomic mass is 10.3. The molecule has 1 aromatic carbocycles. The molecule has 3 rings (SSSR count). The molecule has 0 saturated heterocycles. The first-order chi connectivity index (χ1) is 11.8. The third kappa shape index (κ3) is 3.62. The molecule has 0 bridgehead atoms. The van der Waals surface area contributed by atoms with Crippen LogP contribution >= 0.6 is 0 Å². The highest BCUT2D eigenvalue weighted by Crippen LogP contribution is 2.21. The van der Waals surface area contributed by atoms with Gasteiger partial charge in [0.15, 0.2) is 5.65 Å². The zero-order valence-electron chi connectivity index (χ0n) is 13.7. The first-order valence-electron chi connectivity index (χ1n) is 7.96. The van der Waals surface area contributed by atoms with Crippen molar-refractivity contribution in [1.29, 1.82) is 0 Å². The molecule has 0 unspecified atom stereocenters. The van der Waals surface area contributed by atoms with Gasteiger partial charge in [0, 0.05) is 13.6 Å². The van der Waals surface area contributed by atoms with E-state index in [-0.39, 0.29) is 6.61 Å². The van der Waals surface area contributed by atoms with Crippen molar-refractivity contribution in [1.82, 2.24) is 19.7 Å². The van der Waals surface area contributed by atoms with Gasteiger partial charge in [-0.3, -0.25) is 0 Å². The maximum absolute atomic E-state index is 9.08. The molecule has 0 spiro atoms. The van der Waals surface area contributed by atoms with Gasteiger partial charge in [-0.15, -0.1) is 0 Å². The number of aliphatic hydroxyl groups is 1. The van der Waals surface area contributed by atoms with Gasteiger partial charge in [0.05, 0.1) is 31.3 Å². The summed E-state index contributed by atoms with van der Waals surface area (Å²) < 4.78 is 7.40. The number of anilines is 1. The van der Waals surface area contributed by atoms with Gasteiger partial charge in [-0.2, -0.15) is 5.10 Å². The highest BCUT2D eigenvalue weighted by atomic mass is 16.5. The number of benzene rings is 1. The Kier molecular flexibility index (Phi) is 5.22. The minimum Gasteiger partial charge on any atom is -0.494 e. The number of hydrogen-bond acceptors (Lipinski definition) is 6. The fourth-order valence-corrected chi connectivity index (χ4v) is 2.56. The van der Waals surface area contributed by atoms with E-state index in [1.54, 1.807) is 10.9 Å². The van der Waals surface area contributed by atoms with Crippen LogP contribution < -0.4 is 9.64 Å². The number of rotatable bonds is 8. The Morgan fingerprint density at radius 3 is 2.83 bits per heavy atom. The van der Waals surface area contributed by atoms with Crippen LogP contribution in [0.3, 0.4) is 0 Å². The molecule has 1 N–H and O–H groups in total. The number of para-hydroxylation sites is 1. The quantitative estimate of drug-likeness (QED) is 0.635. The van der Waals surface area contributed by atoms with Crippen LogP contribution in [0.4, 0.5) is 5.82 Å². The largest absolute Gasteiger partial charge is 0.494 e. The van der Waals surface area contributed by atoms with E-state index in [1.807, 2.05) is 37.4 Å². The summed E-state index contributed by atoms with van der Waals surface area (Å²) in [4.78, 5) is 10.7. The molecule has 2 heterocycles. The first kappa shape index (κ1) is 16.2. The number of aromatic nitrogens is 4. The van der Waals surface area contributed by atoms with Crippen molar-refractivity contribution in [3.05, 3.63) is 42.9 Å². The van der Waals surface area contributed by atoms with Crippen LogP contribution in [0, 0.1) is 0 Å². The summed E-state index contributed by atoms with van der Waals surface area (Å²) in [7, 11) is 1.99. The van der Waals surface area contributed by atoms with E-state index >= 15 is 0 Å². The molecule has 3 aromatic rings. The van der Waals surface area contributed by atoms with Crippen molar-refractivity contribution in [2.75, 3.05) is 31.7 Å². The molecular formula is C17H21N5O2.